The summed E-state index contributed by atoms with van der Waals surface area (Å²) in [6.45, 7) is 0.541. The second-order valence-electron chi connectivity index (χ2n) is 2.28. The van der Waals surface area contributed by atoms with Crippen LogP contribution in [0.15, 0.2) is 12.4 Å². The highest BCUT2D eigenvalue weighted by molar-refractivity contribution is 6.30. The van der Waals surface area contributed by atoms with E-state index < -0.39 is 0 Å². The Morgan fingerprint density at radius 1 is 1.58 bits per heavy atom. The first kappa shape index (κ1) is 9.51. The molecule has 0 atom stereocenters. The standard InChI is InChI=1S/C7H11ClN2O2/c1-11-7(12-2)5-10-4-6(8)3-9-10/h3-4,7H,5H2,1-2H3. The molecule has 0 unspecified atom stereocenters. The van der Waals surface area contributed by atoms with Crippen molar-refractivity contribution in [2.45, 2.75) is 12.8 Å². The molecule has 0 aliphatic rings. The van der Waals surface area contributed by atoms with E-state index in [1.807, 2.05) is 0 Å². The van der Waals surface area contributed by atoms with Gasteiger partial charge in [-0.3, -0.25) is 4.68 Å². The average molecular weight is 191 g/mol. The third kappa shape index (κ3) is 2.48. The van der Waals surface area contributed by atoms with E-state index in [9.17, 15) is 0 Å². The molecule has 5 heteroatoms. The maximum absolute atomic E-state index is 5.67. The van der Waals surface area contributed by atoms with Gasteiger partial charge in [-0.25, -0.2) is 0 Å². The normalized spacial score (nSPS) is 11.0. The maximum Gasteiger partial charge on any atom is 0.176 e. The first-order chi connectivity index (χ1) is 5.76. The number of nitrogens with zero attached hydrogens (tertiary/aromatic N) is 2. The van der Waals surface area contributed by atoms with Crippen LogP contribution < -0.4 is 0 Å². The van der Waals surface area contributed by atoms with E-state index >= 15 is 0 Å². The quantitative estimate of drug-likeness (QED) is 0.669. The molecular weight excluding hydrogens is 180 g/mol. The lowest BCUT2D eigenvalue weighted by Crippen LogP contribution is -2.20. The molecule has 4 nitrogen and oxygen atoms in total. The highest BCUT2D eigenvalue weighted by Gasteiger charge is 2.06. The van der Waals surface area contributed by atoms with Crippen LogP contribution in [-0.4, -0.2) is 30.3 Å². The highest BCUT2D eigenvalue weighted by atomic mass is 35.5. The number of aromatic nitrogens is 2. The van der Waals surface area contributed by atoms with Crippen LogP contribution in [0.25, 0.3) is 0 Å². The zero-order chi connectivity index (χ0) is 8.97. The molecule has 0 radical (unpaired) electrons. The molecule has 0 N–H and O–H groups in total. The third-order valence-electron chi connectivity index (χ3n) is 1.46. The van der Waals surface area contributed by atoms with Gasteiger partial charge in [-0.15, -0.1) is 0 Å². The number of methoxy groups -OCH3 is 2. The van der Waals surface area contributed by atoms with E-state index in [2.05, 4.69) is 5.10 Å². The van der Waals surface area contributed by atoms with Gasteiger partial charge in [0.2, 0.25) is 0 Å². The van der Waals surface area contributed by atoms with Gasteiger partial charge in [0.1, 0.15) is 0 Å². The van der Waals surface area contributed by atoms with E-state index in [0.717, 1.165) is 0 Å². The Hall–Kier alpha value is -0.580. The fraction of sp³-hybridized carbons (Fsp3) is 0.571. The van der Waals surface area contributed by atoms with Crippen LogP contribution in [0.4, 0.5) is 0 Å². The van der Waals surface area contributed by atoms with Gasteiger partial charge in [-0.05, 0) is 0 Å². The molecule has 0 aliphatic carbocycles. The van der Waals surface area contributed by atoms with Gasteiger partial charge >= 0.3 is 0 Å². The number of rotatable bonds is 4. The van der Waals surface area contributed by atoms with Crippen LogP contribution in [0, 0.1) is 0 Å². The van der Waals surface area contributed by atoms with Crippen molar-refractivity contribution >= 4 is 11.6 Å². The Labute approximate surface area is 76.0 Å². The number of hydrogen-bond donors (Lipinski definition) is 0. The fourth-order valence-electron chi connectivity index (χ4n) is 0.836. The van der Waals surface area contributed by atoms with Crippen molar-refractivity contribution in [2.75, 3.05) is 14.2 Å². The van der Waals surface area contributed by atoms with E-state index in [1.165, 1.54) is 0 Å². The van der Waals surface area contributed by atoms with E-state index in [4.69, 9.17) is 21.1 Å². The summed E-state index contributed by atoms with van der Waals surface area (Å²) in [6.07, 6.45) is 3.01. The lowest BCUT2D eigenvalue weighted by atomic mass is 10.6. The molecule has 0 aliphatic heterocycles. The molecule has 0 spiro atoms. The molecule has 0 aromatic carbocycles. The molecule has 12 heavy (non-hydrogen) atoms. The zero-order valence-corrected chi connectivity index (χ0v) is 7.78. The molecule has 0 bridgehead atoms. The first-order valence-corrected chi connectivity index (χ1v) is 3.87. The predicted molar refractivity (Wildman–Crippen MR) is 45.0 cm³/mol. The summed E-state index contributed by atoms with van der Waals surface area (Å²) in [5, 5.41) is 4.59. The number of hydrogen-bond acceptors (Lipinski definition) is 3. The summed E-state index contributed by atoms with van der Waals surface area (Å²) >= 11 is 5.67. The minimum atomic E-state index is -0.277. The van der Waals surface area contributed by atoms with Crippen LogP contribution in [-0.2, 0) is 16.0 Å². The molecule has 1 aromatic heterocycles. The van der Waals surface area contributed by atoms with Crippen molar-refractivity contribution < 1.29 is 9.47 Å². The molecule has 1 rings (SSSR count). The summed E-state index contributed by atoms with van der Waals surface area (Å²) < 4.78 is 11.6. The maximum atomic E-state index is 5.67. The summed E-state index contributed by atoms with van der Waals surface area (Å²) in [5.41, 5.74) is 0. The fourth-order valence-corrected chi connectivity index (χ4v) is 0.993. The largest absolute Gasteiger partial charge is 0.354 e. The van der Waals surface area contributed by atoms with Gasteiger partial charge < -0.3 is 9.47 Å². The van der Waals surface area contributed by atoms with Gasteiger partial charge in [-0.2, -0.15) is 5.10 Å². The Bertz CT molecular complexity index is 235. The Morgan fingerprint density at radius 2 is 2.25 bits per heavy atom. The summed E-state index contributed by atoms with van der Waals surface area (Å²) in [6, 6.07) is 0. The van der Waals surface area contributed by atoms with Gasteiger partial charge in [0.05, 0.1) is 17.8 Å². The minimum absolute atomic E-state index is 0.277. The smallest absolute Gasteiger partial charge is 0.176 e. The Morgan fingerprint density at radius 3 is 2.67 bits per heavy atom. The topological polar surface area (TPSA) is 36.3 Å². The first-order valence-electron chi connectivity index (χ1n) is 3.50. The predicted octanol–water partition coefficient (Wildman–Crippen LogP) is 1.16. The van der Waals surface area contributed by atoms with Gasteiger partial charge in [-0.1, -0.05) is 11.6 Å². The summed E-state index contributed by atoms with van der Waals surface area (Å²) in [7, 11) is 3.17. The van der Waals surface area contributed by atoms with Crippen molar-refractivity contribution in [2.24, 2.45) is 0 Å². The molecule has 0 saturated heterocycles. The van der Waals surface area contributed by atoms with Crippen LogP contribution in [0.2, 0.25) is 5.02 Å². The number of ether oxygens (including phenoxy) is 2. The van der Waals surface area contributed by atoms with Gasteiger partial charge in [0, 0.05) is 20.4 Å². The van der Waals surface area contributed by atoms with Gasteiger partial charge in [0.15, 0.2) is 6.29 Å². The molecular formula is C7H11ClN2O2. The monoisotopic (exact) mass is 190 g/mol. The van der Waals surface area contributed by atoms with Crippen LogP contribution in [0.5, 0.6) is 0 Å². The van der Waals surface area contributed by atoms with Crippen molar-refractivity contribution in [1.29, 1.82) is 0 Å². The molecule has 0 amide bonds. The molecule has 0 fully saturated rings. The van der Waals surface area contributed by atoms with E-state index in [-0.39, 0.29) is 6.29 Å². The van der Waals surface area contributed by atoms with Crippen LogP contribution >= 0.6 is 11.6 Å². The van der Waals surface area contributed by atoms with Crippen molar-refractivity contribution in [3.8, 4) is 0 Å². The molecule has 1 heterocycles. The molecule has 1 aromatic rings. The summed E-state index contributed by atoms with van der Waals surface area (Å²) in [5.74, 6) is 0. The second kappa shape index (κ2) is 4.45. The average Bonchev–Trinajstić information content (AvgIpc) is 2.47. The highest BCUT2D eigenvalue weighted by Crippen LogP contribution is 2.05. The lowest BCUT2D eigenvalue weighted by Gasteiger charge is -2.12. The SMILES string of the molecule is COC(Cn1cc(Cl)cn1)OC. The Balaban J connectivity index is 2.50. The lowest BCUT2D eigenvalue weighted by molar-refractivity contribution is -0.112. The second-order valence-corrected chi connectivity index (χ2v) is 2.72. The van der Waals surface area contributed by atoms with E-state index in [1.54, 1.807) is 31.3 Å². The Kier molecular flexibility index (Phi) is 3.52. The van der Waals surface area contributed by atoms with Crippen molar-refractivity contribution in [3.05, 3.63) is 17.4 Å². The minimum Gasteiger partial charge on any atom is -0.354 e. The zero-order valence-electron chi connectivity index (χ0n) is 7.03. The molecule has 68 valence electrons. The summed E-state index contributed by atoms with van der Waals surface area (Å²) in [4.78, 5) is 0. The van der Waals surface area contributed by atoms with E-state index in [0.29, 0.717) is 11.6 Å². The third-order valence-corrected chi connectivity index (χ3v) is 1.66. The van der Waals surface area contributed by atoms with Crippen molar-refractivity contribution in [1.82, 2.24) is 9.78 Å². The van der Waals surface area contributed by atoms with Gasteiger partial charge in [0.25, 0.3) is 0 Å². The van der Waals surface area contributed by atoms with Crippen LogP contribution in [0.3, 0.4) is 0 Å². The van der Waals surface area contributed by atoms with Crippen LogP contribution in [0.1, 0.15) is 0 Å². The van der Waals surface area contributed by atoms with Crippen molar-refractivity contribution in [3.63, 3.8) is 0 Å². The number of halogens is 1. The molecule has 0 saturated carbocycles.